The Bertz CT molecular complexity index is 1480. The molecule has 0 aliphatic carbocycles. The molecular weight excluding hydrogens is 466 g/mol. The van der Waals surface area contributed by atoms with Gasteiger partial charge in [-0.2, -0.15) is 4.31 Å². The van der Waals surface area contributed by atoms with Gasteiger partial charge in [0.2, 0.25) is 10.0 Å². The topological polar surface area (TPSA) is 113 Å². The lowest BCUT2D eigenvalue weighted by atomic mass is 10.0. The number of rotatable bonds is 7. The molecule has 4 rings (SSSR count). The number of hydrogen-bond acceptors (Lipinski definition) is 5. The summed E-state index contributed by atoms with van der Waals surface area (Å²) in [6, 6.07) is 19.7. The van der Waals surface area contributed by atoms with Gasteiger partial charge in [-0.1, -0.05) is 60.1 Å². The normalized spacial score (nSPS) is 11.7. The summed E-state index contributed by atoms with van der Waals surface area (Å²) < 4.78 is 27.0. The quantitative estimate of drug-likeness (QED) is 0.228. The first-order valence-electron chi connectivity index (χ1n) is 9.79. The van der Waals surface area contributed by atoms with Crippen LogP contribution in [0.25, 0.3) is 22.2 Å². The lowest BCUT2D eigenvalue weighted by molar-refractivity contribution is -0.384. The van der Waals surface area contributed by atoms with Crippen molar-refractivity contribution in [1.82, 2.24) is 9.29 Å². The molecule has 0 unspecified atom stereocenters. The summed E-state index contributed by atoms with van der Waals surface area (Å²) in [6.45, 7) is -0.458. The number of likely N-dealkylation sites (N-methyl/N-ethyl adjacent to an activating group) is 1. The molecule has 1 aromatic heterocycles. The van der Waals surface area contributed by atoms with Crippen molar-refractivity contribution in [3.8, 4) is 11.3 Å². The number of aromatic amines is 1. The molecule has 1 N–H and O–H groups in total. The van der Waals surface area contributed by atoms with E-state index in [2.05, 4.69) is 4.98 Å². The largest absolute Gasteiger partial charge is 0.354 e. The molecular formula is C23H18ClN3O5S. The second kappa shape index (κ2) is 8.78. The monoisotopic (exact) mass is 483 g/mol. The molecule has 0 fully saturated rings. The van der Waals surface area contributed by atoms with E-state index in [1.54, 1.807) is 12.1 Å². The number of ketones is 1. The maximum absolute atomic E-state index is 13.4. The van der Waals surface area contributed by atoms with Crippen molar-refractivity contribution in [1.29, 1.82) is 0 Å². The highest BCUT2D eigenvalue weighted by Gasteiger charge is 2.28. The van der Waals surface area contributed by atoms with Crippen LogP contribution in [-0.4, -0.2) is 42.0 Å². The van der Waals surface area contributed by atoms with Gasteiger partial charge in [0.05, 0.1) is 27.6 Å². The Morgan fingerprint density at radius 3 is 2.42 bits per heavy atom. The van der Waals surface area contributed by atoms with E-state index in [-0.39, 0.29) is 9.92 Å². The molecule has 33 heavy (non-hydrogen) atoms. The molecule has 0 saturated carbocycles. The standard InChI is InChI=1S/C23H18ClN3O5S/c1-26(33(31,32)16-11-12-18(24)20(13-16)27(29)30)14-21(28)22-17-9-5-6-10-19(17)25-23(22)15-7-3-2-4-8-15/h2-13,25H,14H2,1H3. The highest BCUT2D eigenvalue weighted by Crippen LogP contribution is 2.32. The van der Waals surface area contributed by atoms with Crippen LogP contribution in [0.2, 0.25) is 5.02 Å². The van der Waals surface area contributed by atoms with Crippen molar-refractivity contribution in [2.75, 3.05) is 13.6 Å². The molecule has 8 nitrogen and oxygen atoms in total. The number of benzene rings is 3. The average Bonchev–Trinajstić information content (AvgIpc) is 3.19. The van der Waals surface area contributed by atoms with Crippen molar-refractivity contribution < 1.29 is 18.1 Å². The zero-order chi connectivity index (χ0) is 23.8. The molecule has 1 heterocycles. The Balaban J connectivity index is 1.72. The summed E-state index contributed by atoms with van der Waals surface area (Å²) in [5.41, 5.74) is 1.98. The van der Waals surface area contributed by atoms with Crippen LogP contribution in [0.5, 0.6) is 0 Å². The SMILES string of the molecule is CN(CC(=O)c1c(-c2ccccc2)[nH]c2ccccc12)S(=O)(=O)c1ccc(Cl)c([N+](=O)[O-])c1. The zero-order valence-corrected chi connectivity index (χ0v) is 18.9. The number of nitrogens with zero attached hydrogens (tertiary/aromatic N) is 2. The molecule has 0 bridgehead atoms. The van der Waals surface area contributed by atoms with E-state index in [9.17, 15) is 23.3 Å². The first-order chi connectivity index (χ1) is 15.7. The Kier molecular flexibility index (Phi) is 6.03. The van der Waals surface area contributed by atoms with Crippen LogP contribution >= 0.6 is 11.6 Å². The summed E-state index contributed by atoms with van der Waals surface area (Å²) in [6.07, 6.45) is 0. The minimum atomic E-state index is -4.19. The molecule has 0 amide bonds. The van der Waals surface area contributed by atoms with Crippen molar-refractivity contribution in [3.05, 3.63) is 93.5 Å². The number of nitro groups is 1. The lowest BCUT2D eigenvalue weighted by Crippen LogP contribution is -2.32. The number of carbonyl (C=O) groups is 1. The number of nitro benzene ring substituents is 1. The maximum atomic E-state index is 13.4. The Morgan fingerprint density at radius 1 is 1.06 bits per heavy atom. The van der Waals surface area contributed by atoms with Gasteiger partial charge in [0.1, 0.15) is 5.02 Å². The lowest BCUT2D eigenvalue weighted by Gasteiger charge is -2.17. The van der Waals surface area contributed by atoms with Gasteiger partial charge in [-0.3, -0.25) is 14.9 Å². The number of carbonyl (C=O) groups excluding carboxylic acids is 1. The molecule has 10 heteroatoms. The summed E-state index contributed by atoms with van der Waals surface area (Å²) in [5.74, 6) is -0.416. The number of aromatic nitrogens is 1. The predicted molar refractivity (Wildman–Crippen MR) is 126 cm³/mol. The highest BCUT2D eigenvalue weighted by atomic mass is 35.5. The van der Waals surface area contributed by atoms with Gasteiger partial charge in [-0.05, 0) is 23.8 Å². The number of halogens is 1. The molecule has 0 spiro atoms. The minimum Gasteiger partial charge on any atom is -0.354 e. The number of sulfonamides is 1. The van der Waals surface area contributed by atoms with Crippen molar-refractivity contribution in [3.63, 3.8) is 0 Å². The predicted octanol–water partition coefficient (Wildman–Crippen LogP) is 4.90. The van der Waals surface area contributed by atoms with E-state index < -0.39 is 33.0 Å². The van der Waals surface area contributed by atoms with E-state index in [1.807, 2.05) is 42.5 Å². The fourth-order valence-electron chi connectivity index (χ4n) is 3.59. The van der Waals surface area contributed by atoms with Crippen LogP contribution < -0.4 is 0 Å². The van der Waals surface area contributed by atoms with Gasteiger partial charge in [0.15, 0.2) is 5.78 Å². The number of Topliss-reactive ketones (excluding diaryl/α,β-unsaturated/α-hetero) is 1. The molecule has 4 aromatic rings. The number of H-pyrrole nitrogens is 1. The van der Waals surface area contributed by atoms with E-state index >= 15 is 0 Å². The number of fused-ring (bicyclic) bond motifs is 1. The summed E-state index contributed by atoms with van der Waals surface area (Å²) in [5, 5.41) is 11.7. The first-order valence-corrected chi connectivity index (χ1v) is 11.6. The smallest absolute Gasteiger partial charge is 0.289 e. The average molecular weight is 484 g/mol. The Morgan fingerprint density at radius 2 is 1.73 bits per heavy atom. The van der Waals surface area contributed by atoms with Crippen molar-refractivity contribution in [2.45, 2.75) is 4.90 Å². The highest BCUT2D eigenvalue weighted by molar-refractivity contribution is 7.89. The van der Waals surface area contributed by atoms with Crippen LogP contribution in [0, 0.1) is 10.1 Å². The third-order valence-electron chi connectivity index (χ3n) is 5.24. The van der Waals surface area contributed by atoms with Crippen molar-refractivity contribution >= 4 is 44.0 Å². The second-order valence-electron chi connectivity index (χ2n) is 7.34. The molecule has 168 valence electrons. The van der Waals surface area contributed by atoms with Crippen LogP contribution in [0.4, 0.5) is 5.69 Å². The minimum absolute atomic E-state index is 0.177. The van der Waals surface area contributed by atoms with E-state index in [0.717, 1.165) is 27.5 Å². The third-order valence-corrected chi connectivity index (χ3v) is 7.36. The first kappa shape index (κ1) is 22.7. The van der Waals surface area contributed by atoms with E-state index in [0.29, 0.717) is 16.6 Å². The second-order valence-corrected chi connectivity index (χ2v) is 9.79. The Labute approximate surface area is 194 Å². The van der Waals surface area contributed by atoms with Gasteiger partial charge in [-0.25, -0.2) is 8.42 Å². The third kappa shape index (κ3) is 4.25. The molecule has 0 saturated heterocycles. The van der Waals surface area contributed by atoms with Gasteiger partial charge in [0, 0.05) is 24.0 Å². The van der Waals surface area contributed by atoms with E-state index in [1.165, 1.54) is 13.1 Å². The summed E-state index contributed by atoms with van der Waals surface area (Å²) >= 11 is 5.80. The van der Waals surface area contributed by atoms with Crippen LogP contribution in [0.15, 0.2) is 77.7 Å². The molecule has 0 radical (unpaired) electrons. The Hall–Kier alpha value is -3.53. The zero-order valence-electron chi connectivity index (χ0n) is 17.4. The fraction of sp³-hybridized carbons (Fsp3) is 0.0870. The van der Waals surface area contributed by atoms with Crippen LogP contribution in [0.3, 0.4) is 0 Å². The van der Waals surface area contributed by atoms with Gasteiger partial charge in [0.25, 0.3) is 5.69 Å². The van der Waals surface area contributed by atoms with Crippen LogP contribution in [0.1, 0.15) is 10.4 Å². The molecule has 3 aromatic carbocycles. The summed E-state index contributed by atoms with van der Waals surface area (Å²) in [7, 11) is -2.93. The van der Waals surface area contributed by atoms with E-state index in [4.69, 9.17) is 11.6 Å². The molecule has 0 aliphatic rings. The molecule has 0 atom stereocenters. The van der Waals surface area contributed by atoms with Gasteiger partial charge < -0.3 is 4.98 Å². The van der Waals surface area contributed by atoms with Crippen LogP contribution in [-0.2, 0) is 10.0 Å². The van der Waals surface area contributed by atoms with Gasteiger partial charge >= 0.3 is 0 Å². The number of nitrogens with one attached hydrogen (secondary N) is 1. The summed E-state index contributed by atoms with van der Waals surface area (Å²) in [4.78, 5) is 26.7. The van der Waals surface area contributed by atoms with Crippen molar-refractivity contribution in [2.24, 2.45) is 0 Å². The molecule has 0 aliphatic heterocycles. The number of hydrogen-bond donors (Lipinski definition) is 1. The van der Waals surface area contributed by atoms with Gasteiger partial charge in [-0.15, -0.1) is 0 Å². The fourth-order valence-corrected chi connectivity index (χ4v) is 4.93. The maximum Gasteiger partial charge on any atom is 0.289 e. The number of para-hydroxylation sites is 1.